The predicted molar refractivity (Wildman–Crippen MR) is 367 cm³/mol. The van der Waals surface area contributed by atoms with Crippen LogP contribution in [0.25, 0.3) is 0 Å². The maximum Gasteiger partial charge on any atom is 0.472 e. The highest BCUT2D eigenvalue weighted by molar-refractivity contribution is 7.47. The first-order valence-electron chi connectivity index (χ1n) is 37.2. The fourth-order valence-corrected chi connectivity index (χ4v) is 12.4. The van der Waals surface area contributed by atoms with Gasteiger partial charge in [-0.15, -0.1) is 0 Å². The molecule has 0 rings (SSSR count). The molecule has 0 amide bonds. The molecule has 19 heteroatoms. The minimum atomic E-state index is -4.95. The zero-order valence-corrected chi connectivity index (χ0v) is 61.3. The van der Waals surface area contributed by atoms with Gasteiger partial charge in [0.25, 0.3) is 0 Å². The van der Waals surface area contributed by atoms with E-state index in [-0.39, 0.29) is 25.7 Å². The zero-order chi connectivity index (χ0) is 67.5. The number of unbranched alkanes of at least 4 members (excludes halogenated alkanes) is 34. The number of rotatable bonds is 69. The van der Waals surface area contributed by atoms with E-state index in [1.165, 1.54) is 154 Å². The number of hydrogen-bond donors (Lipinski definition) is 3. The monoisotopic (exact) mass is 1340 g/mol. The van der Waals surface area contributed by atoms with Crippen LogP contribution in [0.15, 0.2) is 0 Å². The number of phosphoric acid groups is 2. The lowest BCUT2D eigenvalue weighted by Gasteiger charge is -2.21. The van der Waals surface area contributed by atoms with Crippen LogP contribution in [0.1, 0.15) is 357 Å². The van der Waals surface area contributed by atoms with Gasteiger partial charge in [-0.1, -0.05) is 306 Å². The van der Waals surface area contributed by atoms with Crippen LogP contribution in [0.4, 0.5) is 0 Å². The molecule has 0 aromatic carbocycles. The Morgan fingerprint density at radius 3 is 0.780 bits per heavy atom. The lowest BCUT2D eigenvalue weighted by Crippen LogP contribution is -2.30. The summed E-state index contributed by atoms with van der Waals surface area (Å²) >= 11 is 0. The van der Waals surface area contributed by atoms with Crippen LogP contribution < -0.4 is 0 Å². The minimum absolute atomic E-state index is 0.103. The maximum atomic E-state index is 13.0. The second kappa shape index (κ2) is 61.6. The standard InChI is InChI=1S/C72H140O17P2/c1-9-65(8)51-43-35-26-19-14-12-10-11-13-15-20-27-36-44-52-69(74)82-58-67(88-71(76)54-46-38-28-21-17-16-18-24-32-40-48-62(2)3)60-86-90(78,79)84-56-66(73)57-85-91(80,81)87-61-68(59-83-70(75)53-45-37-31-30-34-42-50-64(6)7)89-72(77)55-47-39-29-23-22-25-33-41-49-63(4)5/h62-68,73H,9-61H2,1-8H3,(H,78,79)(H,80,81)/t65?,66-,67-,68-/m1/s1. The Kier molecular flexibility index (Phi) is 60.3. The number of carbonyl (C=O) groups is 4. The Morgan fingerprint density at radius 1 is 0.308 bits per heavy atom. The van der Waals surface area contributed by atoms with Gasteiger partial charge < -0.3 is 33.8 Å². The van der Waals surface area contributed by atoms with Crippen molar-refractivity contribution in [2.75, 3.05) is 39.6 Å². The Bertz CT molecular complexity index is 1800. The highest BCUT2D eigenvalue weighted by atomic mass is 31.2. The number of esters is 4. The molecule has 540 valence electrons. The van der Waals surface area contributed by atoms with E-state index in [1.807, 2.05) is 0 Å². The minimum Gasteiger partial charge on any atom is -0.462 e. The number of ether oxygens (including phenoxy) is 4. The molecule has 0 aliphatic heterocycles. The molecule has 17 nitrogen and oxygen atoms in total. The van der Waals surface area contributed by atoms with Gasteiger partial charge >= 0.3 is 39.5 Å². The molecule has 3 unspecified atom stereocenters. The molecule has 0 radical (unpaired) electrons. The van der Waals surface area contributed by atoms with E-state index in [4.69, 9.17) is 37.0 Å². The molecule has 3 N–H and O–H groups in total. The first-order chi connectivity index (χ1) is 43.6. The molecule has 0 heterocycles. The molecule has 0 fully saturated rings. The molecule has 0 saturated heterocycles. The van der Waals surface area contributed by atoms with Gasteiger partial charge in [-0.05, 0) is 49.4 Å². The first kappa shape index (κ1) is 89.1. The molecule has 6 atom stereocenters. The molecule has 0 aromatic rings. The van der Waals surface area contributed by atoms with E-state index >= 15 is 0 Å². The van der Waals surface area contributed by atoms with Gasteiger partial charge in [0.15, 0.2) is 12.2 Å². The van der Waals surface area contributed by atoms with Gasteiger partial charge in [-0.2, -0.15) is 0 Å². The van der Waals surface area contributed by atoms with Crippen LogP contribution in [0, 0.1) is 23.7 Å². The predicted octanol–water partition coefficient (Wildman–Crippen LogP) is 20.5. The summed E-state index contributed by atoms with van der Waals surface area (Å²) in [5.74, 6) is 0.870. The van der Waals surface area contributed by atoms with Gasteiger partial charge in [0, 0.05) is 25.7 Å². The second-order valence-corrected chi connectivity index (χ2v) is 30.6. The number of carbonyl (C=O) groups excluding carboxylic acids is 4. The SMILES string of the molecule is CCC(C)CCCCCCCCCCCCCCCCC(=O)OC[C@H](COP(=O)(O)OC[C@@H](O)COP(=O)(O)OC[C@@H](COC(=O)CCCCCCCCC(C)C)OC(=O)CCCCCCCCCCC(C)C)OC(=O)CCCCCCCCCCCCC(C)C. The molecule has 0 aromatic heterocycles. The van der Waals surface area contributed by atoms with Gasteiger partial charge in [-0.3, -0.25) is 37.3 Å². The van der Waals surface area contributed by atoms with Crippen LogP contribution in [0.5, 0.6) is 0 Å². The average molecular weight is 1340 g/mol. The maximum absolute atomic E-state index is 13.0. The highest BCUT2D eigenvalue weighted by Crippen LogP contribution is 2.45. The lowest BCUT2D eigenvalue weighted by atomic mass is 9.99. The number of aliphatic hydroxyl groups is 1. The third-order valence-corrected chi connectivity index (χ3v) is 18.8. The van der Waals surface area contributed by atoms with E-state index in [2.05, 4.69) is 55.4 Å². The third kappa shape index (κ3) is 65.1. The van der Waals surface area contributed by atoms with Crippen molar-refractivity contribution in [2.24, 2.45) is 23.7 Å². The van der Waals surface area contributed by atoms with Crippen LogP contribution in [-0.2, 0) is 65.4 Å². The van der Waals surface area contributed by atoms with Gasteiger partial charge in [0.2, 0.25) is 0 Å². The van der Waals surface area contributed by atoms with E-state index in [1.54, 1.807) is 0 Å². The Morgan fingerprint density at radius 2 is 0.527 bits per heavy atom. The largest absolute Gasteiger partial charge is 0.472 e. The van der Waals surface area contributed by atoms with Crippen LogP contribution in [0.2, 0.25) is 0 Å². The highest BCUT2D eigenvalue weighted by Gasteiger charge is 2.30. The van der Waals surface area contributed by atoms with Crippen LogP contribution in [-0.4, -0.2) is 96.7 Å². The van der Waals surface area contributed by atoms with E-state index in [9.17, 15) is 43.2 Å². The summed E-state index contributed by atoms with van der Waals surface area (Å²) in [6.07, 6.45) is 44.6. The van der Waals surface area contributed by atoms with E-state index in [0.717, 1.165) is 114 Å². The smallest absolute Gasteiger partial charge is 0.462 e. The molecule has 0 spiro atoms. The van der Waals surface area contributed by atoms with Crippen molar-refractivity contribution in [1.29, 1.82) is 0 Å². The summed E-state index contributed by atoms with van der Waals surface area (Å²) in [5, 5.41) is 10.6. The number of aliphatic hydroxyl groups excluding tert-OH is 1. The van der Waals surface area contributed by atoms with Crippen molar-refractivity contribution >= 4 is 39.5 Å². The number of hydrogen-bond acceptors (Lipinski definition) is 15. The molecular formula is C72H140O17P2. The summed E-state index contributed by atoms with van der Waals surface area (Å²) in [7, 11) is -9.90. The van der Waals surface area contributed by atoms with Gasteiger partial charge in [0.05, 0.1) is 26.4 Å². The zero-order valence-electron chi connectivity index (χ0n) is 59.5. The first-order valence-corrected chi connectivity index (χ1v) is 40.2. The fourth-order valence-electron chi connectivity index (χ4n) is 10.8. The third-order valence-electron chi connectivity index (χ3n) is 16.9. The summed E-state index contributed by atoms with van der Waals surface area (Å²) in [5.41, 5.74) is 0. The number of phosphoric ester groups is 2. The topological polar surface area (TPSA) is 237 Å². The molecule has 91 heavy (non-hydrogen) atoms. The van der Waals surface area contributed by atoms with Crippen molar-refractivity contribution in [3.05, 3.63) is 0 Å². The normalized spacial score (nSPS) is 14.5. The summed E-state index contributed by atoms with van der Waals surface area (Å²) in [6, 6.07) is 0. The summed E-state index contributed by atoms with van der Waals surface area (Å²) < 4.78 is 68.3. The van der Waals surface area contributed by atoms with Crippen molar-refractivity contribution in [2.45, 2.75) is 375 Å². The lowest BCUT2D eigenvalue weighted by molar-refractivity contribution is -0.161. The van der Waals surface area contributed by atoms with Crippen molar-refractivity contribution in [1.82, 2.24) is 0 Å². The van der Waals surface area contributed by atoms with Crippen LogP contribution in [0.3, 0.4) is 0 Å². The van der Waals surface area contributed by atoms with Crippen molar-refractivity contribution in [3.8, 4) is 0 Å². The molecule has 0 saturated carbocycles. The molecule has 0 aliphatic rings. The quantitative estimate of drug-likeness (QED) is 0.0222. The summed E-state index contributed by atoms with van der Waals surface area (Å²) in [4.78, 5) is 72.6. The second-order valence-electron chi connectivity index (χ2n) is 27.6. The van der Waals surface area contributed by atoms with Gasteiger partial charge in [0.1, 0.15) is 19.3 Å². The Balaban J connectivity index is 5.22. The van der Waals surface area contributed by atoms with E-state index in [0.29, 0.717) is 31.6 Å². The fraction of sp³-hybridized carbons (Fsp3) is 0.944. The Labute approximate surface area is 556 Å². The van der Waals surface area contributed by atoms with E-state index < -0.39 is 97.5 Å². The molecule has 0 aliphatic carbocycles. The van der Waals surface area contributed by atoms with Crippen molar-refractivity contribution < 1.29 is 80.2 Å². The Hall–Kier alpha value is -1.94. The molecule has 0 bridgehead atoms. The van der Waals surface area contributed by atoms with Crippen molar-refractivity contribution in [3.63, 3.8) is 0 Å². The van der Waals surface area contributed by atoms with Crippen LogP contribution >= 0.6 is 15.6 Å². The summed E-state index contributed by atoms with van der Waals surface area (Å²) in [6.45, 7) is 14.1. The average Bonchev–Trinajstić information content (AvgIpc) is 3.72. The molecular weight excluding hydrogens is 1200 g/mol. The van der Waals surface area contributed by atoms with Gasteiger partial charge in [-0.25, -0.2) is 9.13 Å².